The van der Waals surface area contributed by atoms with Crippen LogP contribution in [0.25, 0.3) is 0 Å². The summed E-state index contributed by atoms with van der Waals surface area (Å²) in [5.74, 6) is -0.449. The zero-order valence-electron chi connectivity index (χ0n) is 5.43. The Balaban J connectivity index is 3.37. The lowest BCUT2D eigenvalue weighted by Crippen LogP contribution is -1.97. The van der Waals surface area contributed by atoms with Crippen molar-refractivity contribution in [1.29, 1.82) is 0 Å². The van der Waals surface area contributed by atoms with Gasteiger partial charge in [0, 0.05) is 0 Å². The van der Waals surface area contributed by atoms with Crippen LogP contribution in [0.15, 0.2) is 29.2 Å². The predicted molar refractivity (Wildman–Crippen MR) is 37.9 cm³/mol. The molecule has 4 nitrogen and oxygen atoms in total. The Morgan fingerprint density at radius 3 is 2.09 bits per heavy atom. The number of hydrogen-bond donors (Lipinski definition) is 2. The molecule has 0 fully saturated rings. The average molecular weight is 174 g/mol. The highest BCUT2D eigenvalue weighted by molar-refractivity contribution is 7.86. The fraction of sp³-hybridized carbons (Fsp3) is 0. The van der Waals surface area contributed by atoms with Crippen LogP contribution >= 0.6 is 0 Å². The first kappa shape index (κ1) is 8.03. The molecule has 5 heteroatoms. The van der Waals surface area contributed by atoms with Crippen molar-refractivity contribution in [2.24, 2.45) is 0 Å². The van der Waals surface area contributed by atoms with Gasteiger partial charge in [-0.15, -0.1) is 0 Å². The van der Waals surface area contributed by atoms with Crippen molar-refractivity contribution in [1.82, 2.24) is 0 Å². The molecule has 0 aliphatic rings. The summed E-state index contributed by atoms with van der Waals surface area (Å²) in [4.78, 5) is -0.472. The molecule has 0 saturated heterocycles. The van der Waals surface area contributed by atoms with Crippen molar-refractivity contribution in [2.45, 2.75) is 4.90 Å². The minimum absolute atomic E-state index is 0.449. The van der Waals surface area contributed by atoms with Crippen LogP contribution in [0.2, 0.25) is 0 Å². The zero-order valence-corrected chi connectivity index (χ0v) is 6.25. The molecule has 11 heavy (non-hydrogen) atoms. The third-order valence-corrected chi connectivity index (χ3v) is 2.04. The molecule has 0 radical (unpaired) electrons. The Hall–Kier alpha value is -1.07. The number of phenols is 1. The van der Waals surface area contributed by atoms with Gasteiger partial charge in [-0.05, 0) is 12.1 Å². The van der Waals surface area contributed by atoms with Crippen LogP contribution in [0.5, 0.6) is 5.75 Å². The van der Waals surface area contributed by atoms with Crippen molar-refractivity contribution < 1.29 is 18.1 Å². The highest BCUT2D eigenvalue weighted by atomic mass is 32.2. The van der Waals surface area contributed by atoms with E-state index in [0.29, 0.717) is 0 Å². The molecule has 60 valence electrons. The van der Waals surface area contributed by atoms with E-state index in [1.54, 1.807) is 0 Å². The zero-order chi connectivity index (χ0) is 8.48. The summed E-state index contributed by atoms with van der Waals surface area (Å²) in [7, 11) is -4.28. The van der Waals surface area contributed by atoms with Crippen molar-refractivity contribution in [3.63, 3.8) is 0 Å². The van der Waals surface area contributed by atoms with E-state index in [4.69, 9.17) is 9.66 Å². The van der Waals surface area contributed by atoms with Gasteiger partial charge in [0.1, 0.15) is 10.6 Å². The molecule has 0 heterocycles. The Labute approximate surface area is 63.9 Å². The second kappa shape index (κ2) is 2.52. The van der Waals surface area contributed by atoms with Crippen molar-refractivity contribution >= 4 is 10.1 Å². The third-order valence-electron chi connectivity index (χ3n) is 1.14. The predicted octanol–water partition coefficient (Wildman–Crippen LogP) is 0.639. The SMILES string of the molecule is O=S(=O)(O)c1ccccc1O. The summed E-state index contributed by atoms with van der Waals surface area (Å²) >= 11 is 0. The summed E-state index contributed by atoms with van der Waals surface area (Å²) in [5.41, 5.74) is 0. The van der Waals surface area contributed by atoms with Gasteiger partial charge in [-0.2, -0.15) is 8.42 Å². The lowest BCUT2D eigenvalue weighted by atomic mass is 10.3. The van der Waals surface area contributed by atoms with Gasteiger partial charge in [-0.1, -0.05) is 12.1 Å². The van der Waals surface area contributed by atoms with Crippen LogP contribution < -0.4 is 0 Å². The van der Waals surface area contributed by atoms with Crippen LogP contribution in [0.4, 0.5) is 0 Å². The second-order valence-electron chi connectivity index (χ2n) is 1.94. The Morgan fingerprint density at radius 1 is 1.18 bits per heavy atom. The second-order valence-corrected chi connectivity index (χ2v) is 3.33. The first-order valence-electron chi connectivity index (χ1n) is 2.77. The van der Waals surface area contributed by atoms with E-state index in [2.05, 4.69) is 0 Å². The smallest absolute Gasteiger partial charge is 0.298 e. The lowest BCUT2D eigenvalue weighted by molar-refractivity contribution is 0.443. The van der Waals surface area contributed by atoms with Gasteiger partial charge in [0.2, 0.25) is 0 Å². The Kier molecular flexibility index (Phi) is 1.84. The Morgan fingerprint density at radius 2 is 1.73 bits per heavy atom. The molecular formula is C6H6O4S. The van der Waals surface area contributed by atoms with Crippen LogP contribution in [-0.4, -0.2) is 18.1 Å². The molecule has 2 N–H and O–H groups in total. The number of hydrogen-bond acceptors (Lipinski definition) is 3. The maximum atomic E-state index is 10.4. The third kappa shape index (κ3) is 1.69. The number of aromatic hydroxyl groups is 1. The number of para-hydroxylation sites is 1. The summed E-state index contributed by atoms with van der Waals surface area (Å²) in [6.07, 6.45) is 0. The molecule has 0 aromatic heterocycles. The van der Waals surface area contributed by atoms with Gasteiger partial charge >= 0.3 is 0 Å². The highest BCUT2D eigenvalue weighted by Crippen LogP contribution is 2.20. The van der Waals surface area contributed by atoms with Crippen LogP contribution in [0.1, 0.15) is 0 Å². The van der Waals surface area contributed by atoms with E-state index < -0.39 is 20.8 Å². The van der Waals surface area contributed by atoms with E-state index in [-0.39, 0.29) is 0 Å². The maximum Gasteiger partial charge on any atom is 0.298 e. The molecule has 1 rings (SSSR count). The van der Waals surface area contributed by atoms with E-state index in [1.165, 1.54) is 18.2 Å². The largest absolute Gasteiger partial charge is 0.506 e. The summed E-state index contributed by atoms with van der Waals surface area (Å²) < 4.78 is 29.4. The molecule has 0 unspecified atom stereocenters. The molecule has 0 bridgehead atoms. The normalized spacial score (nSPS) is 11.4. The molecule has 0 spiro atoms. The van der Waals surface area contributed by atoms with Crippen LogP contribution in [0.3, 0.4) is 0 Å². The van der Waals surface area contributed by atoms with Crippen molar-refractivity contribution in [3.8, 4) is 5.75 Å². The van der Waals surface area contributed by atoms with E-state index >= 15 is 0 Å². The van der Waals surface area contributed by atoms with E-state index in [1.807, 2.05) is 0 Å². The average Bonchev–Trinajstić information content (AvgIpc) is 1.86. The molecule has 0 aliphatic carbocycles. The standard InChI is InChI=1S/C6H6O4S/c7-5-3-1-2-4-6(5)11(8,9)10/h1-4,7H,(H,8,9,10). The highest BCUT2D eigenvalue weighted by Gasteiger charge is 2.12. The summed E-state index contributed by atoms with van der Waals surface area (Å²) in [6, 6.07) is 5.17. The lowest BCUT2D eigenvalue weighted by Gasteiger charge is -1.97. The van der Waals surface area contributed by atoms with Gasteiger partial charge in [0.15, 0.2) is 0 Å². The first-order valence-corrected chi connectivity index (χ1v) is 4.21. The van der Waals surface area contributed by atoms with E-state index in [0.717, 1.165) is 6.07 Å². The van der Waals surface area contributed by atoms with Crippen molar-refractivity contribution in [3.05, 3.63) is 24.3 Å². The topological polar surface area (TPSA) is 74.6 Å². The minimum atomic E-state index is -4.28. The van der Waals surface area contributed by atoms with Gasteiger partial charge in [-0.3, -0.25) is 4.55 Å². The van der Waals surface area contributed by atoms with Crippen LogP contribution in [0, 0.1) is 0 Å². The number of phenolic OH excluding ortho intramolecular Hbond substituents is 1. The number of benzene rings is 1. The van der Waals surface area contributed by atoms with Gasteiger partial charge in [-0.25, -0.2) is 0 Å². The summed E-state index contributed by atoms with van der Waals surface area (Å²) in [5, 5.41) is 8.91. The molecule has 1 aromatic rings. The van der Waals surface area contributed by atoms with Crippen molar-refractivity contribution in [2.75, 3.05) is 0 Å². The maximum absolute atomic E-state index is 10.4. The fourth-order valence-electron chi connectivity index (χ4n) is 0.675. The van der Waals surface area contributed by atoms with Gasteiger partial charge in [0.05, 0.1) is 0 Å². The summed E-state index contributed by atoms with van der Waals surface area (Å²) in [6.45, 7) is 0. The molecule has 0 saturated carbocycles. The Bertz CT molecular complexity index is 355. The molecule has 1 aromatic carbocycles. The van der Waals surface area contributed by atoms with E-state index in [9.17, 15) is 8.42 Å². The number of rotatable bonds is 1. The van der Waals surface area contributed by atoms with Gasteiger partial charge in [0.25, 0.3) is 10.1 Å². The molecule has 0 aliphatic heterocycles. The first-order chi connectivity index (χ1) is 5.02. The molecule has 0 amide bonds. The van der Waals surface area contributed by atoms with Crippen LogP contribution in [-0.2, 0) is 10.1 Å². The molecule has 0 atom stereocenters. The van der Waals surface area contributed by atoms with Gasteiger partial charge < -0.3 is 5.11 Å². The minimum Gasteiger partial charge on any atom is -0.506 e. The monoisotopic (exact) mass is 174 g/mol. The molecular weight excluding hydrogens is 168 g/mol. The quantitative estimate of drug-likeness (QED) is 0.612. The fourth-order valence-corrected chi connectivity index (χ4v) is 1.26.